The molecule has 86 valence electrons. The van der Waals surface area contributed by atoms with Gasteiger partial charge in [-0.05, 0) is 6.92 Å². The fourth-order valence-corrected chi connectivity index (χ4v) is 1.01. The van der Waals surface area contributed by atoms with Crippen LogP contribution in [0.25, 0.3) is 0 Å². The number of hydrogen-bond acceptors (Lipinski definition) is 2. The molecule has 0 saturated carbocycles. The molecule has 0 saturated heterocycles. The smallest absolute Gasteiger partial charge is 0.240 e. The van der Waals surface area contributed by atoms with E-state index in [4.69, 9.17) is 0 Å². The van der Waals surface area contributed by atoms with Crippen molar-refractivity contribution in [2.24, 2.45) is 0 Å². The largest absolute Gasteiger partial charge is 0.437 e. The van der Waals surface area contributed by atoms with Gasteiger partial charge in [-0.25, -0.2) is 4.68 Å². The second-order valence-electron chi connectivity index (χ2n) is 2.60. The molecule has 0 amide bonds. The lowest BCUT2D eigenvalue weighted by atomic mass is 10.3. The number of nitrogens with zero attached hydrogens (tertiary/aromatic N) is 3. The summed E-state index contributed by atoms with van der Waals surface area (Å²) >= 11 is 0. The van der Waals surface area contributed by atoms with Crippen molar-refractivity contribution in [2.45, 2.75) is 25.8 Å². The maximum absolute atomic E-state index is 12.3. The molecule has 3 nitrogen and oxygen atoms in total. The fourth-order valence-electron chi connectivity index (χ4n) is 1.01. The van der Waals surface area contributed by atoms with E-state index in [0.717, 1.165) is 0 Å². The molecule has 0 fully saturated rings. The van der Waals surface area contributed by atoms with Gasteiger partial charge >= 0.3 is 12.4 Å². The maximum Gasteiger partial charge on any atom is 0.437 e. The quantitative estimate of drug-likeness (QED) is 0.697. The van der Waals surface area contributed by atoms with Gasteiger partial charge in [0.25, 0.3) is 0 Å². The van der Waals surface area contributed by atoms with Crippen molar-refractivity contribution in [1.82, 2.24) is 15.0 Å². The van der Waals surface area contributed by atoms with Crippen molar-refractivity contribution in [3.05, 3.63) is 11.4 Å². The molecule has 1 aromatic rings. The van der Waals surface area contributed by atoms with Crippen molar-refractivity contribution in [2.75, 3.05) is 0 Å². The SMILES string of the molecule is CCn1nnc(C(F)(F)F)c1C(F)(F)F. The van der Waals surface area contributed by atoms with Crippen LogP contribution in [0.1, 0.15) is 18.3 Å². The number of aromatic nitrogens is 3. The van der Waals surface area contributed by atoms with Gasteiger partial charge in [-0.15, -0.1) is 5.10 Å². The molecule has 0 atom stereocenters. The van der Waals surface area contributed by atoms with Gasteiger partial charge in [-0.3, -0.25) is 0 Å². The van der Waals surface area contributed by atoms with Crippen LogP contribution in [0, 0.1) is 0 Å². The zero-order valence-corrected chi connectivity index (χ0v) is 7.32. The first-order valence-electron chi connectivity index (χ1n) is 3.75. The highest BCUT2D eigenvalue weighted by atomic mass is 19.4. The van der Waals surface area contributed by atoms with E-state index in [-0.39, 0.29) is 11.2 Å². The molecule has 0 radical (unpaired) electrons. The predicted octanol–water partition coefficient (Wildman–Crippen LogP) is 2.34. The van der Waals surface area contributed by atoms with Gasteiger partial charge in [0.1, 0.15) is 0 Å². The Morgan fingerprint density at radius 3 is 1.93 bits per heavy atom. The van der Waals surface area contributed by atoms with Gasteiger partial charge in [0, 0.05) is 6.54 Å². The Labute approximate surface area is 79.7 Å². The Hall–Kier alpha value is -1.28. The minimum absolute atomic E-state index is 0.169. The van der Waals surface area contributed by atoms with Crippen LogP contribution in [0.5, 0.6) is 0 Å². The highest BCUT2D eigenvalue weighted by Gasteiger charge is 2.48. The van der Waals surface area contributed by atoms with Crippen LogP contribution >= 0.6 is 0 Å². The minimum Gasteiger partial charge on any atom is -0.240 e. The standard InChI is InChI=1S/C6H5F6N3/c1-2-15-4(6(10,11)12)3(13-14-15)5(7,8)9/h2H2,1H3. The molecule has 15 heavy (non-hydrogen) atoms. The first-order chi connectivity index (χ1) is 6.68. The highest BCUT2D eigenvalue weighted by molar-refractivity contribution is 5.17. The van der Waals surface area contributed by atoms with E-state index >= 15 is 0 Å². The highest BCUT2D eigenvalue weighted by Crippen LogP contribution is 2.38. The molecular weight excluding hydrogens is 228 g/mol. The van der Waals surface area contributed by atoms with E-state index in [1.807, 2.05) is 0 Å². The van der Waals surface area contributed by atoms with Crippen molar-refractivity contribution < 1.29 is 26.3 Å². The van der Waals surface area contributed by atoms with Gasteiger partial charge in [0.15, 0.2) is 11.4 Å². The monoisotopic (exact) mass is 233 g/mol. The van der Waals surface area contributed by atoms with Crippen molar-refractivity contribution in [1.29, 1.82) is 0 Å². The van der Waals surface area contributed by atoms with E-state index < -0.39 is 23.7 Å². The van der Waals surface area contributed by atoms with Crippen molar-refractivity contribution in [3.63, 3.8) is 0 Å². The van der Waals surface area contributed by atoms with Crippen molar-refractivity contribution in [3.8, 4) is 0 Å². The predicted molar refractivity (Wildman–Crippen MR) is 35.7 cm³/mol. The van der Waals surface area contributed by atoms with Gasteiger partial charge in [0.05, 0.1) is 0 Å². The molecule has 1 heterocycles. The summed E-state index contributed by atoms with van der Waals surface area (Å²) in [6, 6.07) is 0. The van der Waals surface area contributed by atoms with E-state index in [1.165, 1.54) is 6.92 Å². The average Bonchev–Trinajstić information content (AvgIpc) is 2.44. The first kappa shape index (κ1) is 11.8. The lowest BCUT2D eigenvalue weighted by molar-refractivity contribution is -0.167. The number of halogens is 6. The molecule has 0 N–H and O–H groups in total. The number of alkyl halides is 6. The molecule has 0 aromatic carbocycles. The lowest BCUT2D eigenvalue weighted by Gasteiger charge is -2.10. The lowest BCUT2D eigenvalue weighted by Crippen LogP contribution is -2.20. The minimum atomic E-state index is -5.15. The van der Waals surface area contributed by atoms with Crippen LogP contribution in [-0.2, 0) is 18.9 Å². The molecule has 0 unspecified atom stereocenters. The summed E-state index contributed by atoms with van der Waals surface area (Å²) in [6.07, 6.45) is -10.3. The summed E-state index contributed by atoms with van der Waals surface area (Å²) in [5.41, 5.74) is -3.87. The molecule has 0 aliphatic heterocycles. The third-order valence-electron chi connectivity index (χ3n) is 1.57. The molecule has 0 bridgehead atoms. The van der Waals surface area contributed by atoms with Crippen LogP contribution in [0.2, 0.25) is 0 Å². The van der Waals surface area contributed by atoms with Crippen molar-refractivity contribution >= 4 is 0 Å². The molecular formula is C6H5F6N3. The Balaban J connectivity index is 3.37. The topological polar surface area (TPSA) is 30.7 Å². The summed E-state index contributed by atoms with van der Waals surface area (Å²) in [4.78, 5) is 0. The zero-order valence-electron chi connectivity index (χ0n) is 7.32. The van der Waals surface area contributed by atoms with Crippen LogP contribution in [-0.4, -0.2) is 15.0 Å². The summed E-state index contributed by atoms with van der Waals surface area (Å²) in [5, 5.41) is 5.29. The summed E-state index contributed by atoms with van der Waals surface area (Å²) < 4.78 is 73.3. The zero-order chi connectivity index (χ0) is 11.9. The second-order valence-corrected chi connectivity index (χ2v) is 2.60. The fraction of sp³-hybridized carbons (Fsp3) is 0.667. The Morgan fingerprint density at radius 2 is 1.60 bits per heavy atom. The molecule has 1 aromatic heterocycles. The first-order valence-corrected chi connectivity index (χ1v) is 3.75. The third kappa shape index (κ3) is 2.21. The van der Waals surface area contributed by atoms with Gasteiger partial charge in [-0.2, -0.15) is 26.3 Å². The third-order valence-corrected chi connectivity index (χ3v) is 1.57. The Bertz CT molecular complexity index is 349. The number of rotatable bonds is 1. The maximum atomic E-state index is 12.3. The molecule has 9 heteroatoms. The van der Waals surface area contributed by atoms with E-state index in [9.17, 15) is 26.3 Å². The molecule has 0 aliphatic rings. The van der Waals surface area contributed by atoms with E-state index in [1.54, 1.807) is 0 Å². The van der Waals surface area contributed by atoms with Gasteiger partial charge < -0.3 is 0 Å². The summed E-state index contributed by atoms with van der Waals surface area (Å²) in [7, 11) is 0. The molecule has 0 spiro atoms. The molecule has 1 rings (SSSR count). The van der Waals surface area contributed by atoms with Gasteiger partial charge in [-0.1, -0.05) is 5.21 Å². The van der Waals surface area contributed by atoms with Crippen LogP contribution in [0.15, 0.2) is 0 Å². The molecule has 0 aliphatic carbocycles. The van der Waals surface area contributed by atoms with Crippen LogP contribution in [0.3, 0.4) is 0 Å². The summed E-state index contributed by atoms with van der Waals surface area (Å²) in [6.45, 7) is 0.905. The van der Waals surface area contributed by atoms with Crippen LogP contribution in [0.4, 0.5) is 26.3 Å². The number of hydrogen-bond donors (Lipinski definition) is 0. The average molecular weight is 233 g/mol. The van der Waals surface area contributed by atoms with Gasteiger partial charge in [0.2, 0.25) is 0 Å². The van der Waals surface area contributed by atoms with E-state index in [0.29, 0.717) is 0 Å². The second kappa shape index (κ2) is 3.38. The normalized spacial score (nSPS) is 13.3. The van der Waals surface area contributed by atoms with Crippen LogP contribution < -0.4 is 0 Å². The Morgan fingerprint density at radius 1 is 1.07 bits per heavy atom. The number of aryl methyl sites for hydroxylation is 1. The Kier molecular flexibility index (Phi) is 2.66. The van der Waals surface area contributed by atoms with E-state index in [2.05, 4.69) is 10.3 Å². The summed E-state index contributed by atoms with van der Waals surface area (Å²) in [5.74, 6) is 0.